The van der Waals surface area contributed by atoms with Crippen molar-refractivity contribution >= 4 is 35.2 Å². The number of piperazine rings is 1. The van der Waals surface area contributed by atoms with Gasteiger partial charge in [0, 0.05) is 81.8 Å². The Balaban J connectivity index is 1.06. The number of hydrogen-bond donors (Lipinski definition) is 2. The van der Waals surface area contributed by atoms with Gasteiger partial charge in [0.1, 0.15) is 11.9 Å². The van der Waals surface area contributed by atoms with Crippen molar-refractivity contribution in [3.8, 4) is 11.3 Å². The van der Waals surface area contributed by atoms with E-state index in [2.05, 4.69) is 37.4 Å². The molecule has 232 valence electrons. The van der Waals surface area contributed by atoms with Crippen molar-refractivity contribution in [1.29, 1.82) is 0 Å². The van der Waals surface area contributed by atoms with Crippen LogP contribution in [0.2, 0.25) is 5.02 Å². The maximum absolute atomic E-state index is 13.5. The minimum absolute atomic E-state index is 0.184. The van der Waals surface area contributed by atoms with Crippen LogP contribution in [0.3, 0.4) is 0 Å². The number of carbonyl (C=O) groups is 2. The van der Waals surface area contributed by atoms with E-state index in [1.54, 1.807) is 18.0 Å². The fourth-order valence-corrected chi connectivity index (χ4v) is 6.07. The van der Waals surface area contributed by atoms with E-state index in [9.17, 15) is 9.59 Å². The SMILES string of the molecule is C[C@H](C(=O)NCCc1cccc(N2CCN(C)CC2)n1)N1Cc2ccc(-c3nc(NC4CCOCC4)ncc3Cl)cc2C1=O. The van der Waals surface area contributed by atoms with Gasteiger partial charge in [0.05, 0.1) is 16.9 Å². The number of fused-ring (bicyclic) bond motifs is 1. The van der Waals surface area contributed by atoms with E-state index in [1.807, 2.05) is 36.4 Å². The molecule has 3 aromatic rings. The third-order valence-corrected chi connectivity index (χ3v) is 8.94. The van der Waals surface area contributed by atoms with Gasteiger partial charge < -0.3 is 30.1 Å². The first-order valence-corrected chi connectivity index (χ1v) is 15.7. The molecule has 2 fully saturated rings. The number of anilines is 2. The molecule has 0 saturated carbocycles. The molecule has 0 aliphatic carbocycles. The second-order valence-corrected chi connectivity index (χ2v) is 12.1. The van der Waals surface area contributed by atoms with Crippen molar-refractivity contribution in [2.24, 2.45) is 0 Å². The predicted octanol–water partition coefficient (Wildman–Crippen LogP) is 3.24. The number of aromatic nitrogens is 3. The van der Waals surface area contributed by atoms with Crippen molar-refractivity contribution in [3.05, 3.63) is 64.4 Å². The zero-order valence-corrected chi connectivity index (χ0v) is 26.0. The molecule has 6 rings (SSSR count). The second kappa shape index (κ2) is 13.5. The lowest BCUT2D eigenvalue weighted by Gasteiger charge is -2.33. The number of amides is 2. The van der Waals surface area contributed by atoms with Gasteiger partial charge in [0.25, 0.3) is 5.91 Å². The molecule has 12 heteroatoms. The summed E-state index contributed by atoms with van der Waals surface area (Å²) in [6, 6.07) is 11.3. The van der Waals surface area contributed by atoms with Crippen LogP contribution in [0.4, 0.5) is 11.8 Å². The van der Waals surface area contributed by atoms with Crippen LogP contribution < -0.4 is 15.5 Å². The first-order chi connectivity index (χ1) is 21.4. The van der Waals surface area contributed by atoms with Crippen LogP contribution >= 0.6 is 11.6 Å². The number of hydrogen-bond acceptors (Lipinski definition) is 9. The molecule has 2 amide bonds. The predicted molar refractivity (Wildman–Crippen MR) is 170 cm³/mol. The Labute approximate surface area is 263 Å². The molecule has 0 bridgehead atoms. The molecule has 2 N–H and O–H groups in total. The summed E-state index contributed by atoms with van der Waals surface area (Å²) in [6.45, 7) is 7.94. The first-order valence-electron chi connectivity index (χ1n) is 15.3. The van der Waals surface area contributed by atoms with Crippen LogP contribution in [0.5, 0.6) is 0 Å². The Morgan fingerprint density at radius 2 is 1.91 bits per heavy atom. The van der Waals surface area contributed by atoms with Gasteiger partial charge in [-0.1, -0.05) is 29.8 Å². The molecular formula is C32H39ClN8O3. The molecule has 44 heavy (non-hydrogen) atoms. The topological polar surface area (TPSA) is 116 Å². The van der Waals surface area contributed by atoms with Gasteiger partial charge >= 0.3 is 0 Å². The average molecular weight is 619 g/mol. The van der Waals surface area contributed by atoms with Crippen LogP contribution in [0, 0.1) is 0 Å². The minimum atomic E-state index is -0.624. The van der Waals surface area contributed by atoms with Crippen LogP contribution in [-0.4, -0.2) is 102 Å². The summed E-state index contributed by atoms with van der Waals surface area (Å²) in [4.78, 5) is 46.7. The highest BCUT2D eigenvalue weighted by Crippen LogP contribution is 2.32. The number of ether oxygens (including phenoxy) is 1. The maximum Gasteiger partial charge on any atom is 0.255 e. The molecular weight excluding hydrogens is 580 g/mol. The van der Waals surface area contributed by atoms with E-state index in [0.717, 1.165) is 61.7 Å². The van der Waals surface area contributed by atoms with Gasteiger partial charge in [-0.2, -0.15) is 0 Å². The highest BCUT2D eigenvalue weighted by atomic mass is 35.5. The molecule has 3 aliphatic rings. The fourth-order valence-electron chi connectivity index (χ4n) is 5.87. The van der Waals surface area contributed by atoms with E-state index in [4.69, 9.17) is 21.3 Å². The monoisotopic (exact) mass is 618 g/mol. The van der Waals surface area contributed by atoms with E-state index < -0.39 is 6.04 Å². The molecule has 11 nitrogen and oxygen atoms in total. The Morgan fingerprint density at radius 1 is 1.11 bits per heavy atom. The molecule has 1 aromatic carbocycles. The van der Waals surface area contributed by atoms with E-state index in [0.29, 0.717) is 55.0 Å². The fraction of sp³-hybridized carbons (Fsp3) is 0.469. The molecule has 0 unspecified atom stereocenters. The lowest BCUT2D eigenvalue weighted by molar-refractivity contribution is -0.125. The summed E-state index contributed by atoms with van der Waals surface area (Å²) in [5, 5.41) is 6.78. The summed E-state index contributed by atoms with van der Waals surface area (Å²) >= 11 is 6.50. The molecule has 0 radical (unpaired) electrons. The second-order valence-electron chi connectivity index (χ2n) is 11.7. The summed E-state index contributed by atoms with van der Waals surface area (Å²) in [6.07, 6.45) is 3.97. The summed E-state index contributed by atoms with van der Waals surface area (Å²) in [7, 11) is 2.13. The Morgan fingerprint density at radius 3 is 2.70 bits per heavy atom. The van der Waals surface area contributed by atoms with Crippen molar-refractivity contribution < 1.29 is 14.3 Å². The first kappa shape index (κ1) is 30.2. The normalized spacial score (nSPS) is 18.3. The molecule has 2 aromatic heterocycles. The zero-order valence-electron chi connectivity index (χ0n) is 25.3. The van der Waals surface area contributed by atoms with Gasteiger partial charge in [-0.05, 0) is 50.6 Å². The maximum atomic E-state index is 13.5. The van der Waals surface area contributed by atoms with Gasteiger partial charge in [0.2, 0.25) is 11.9 Å². The van der Waals surface area contributed by atoms with E-state index >= 15 is 0 Å². The van der Waals surface area contributed by atoms with Crippen molar-refractivity contribution in [2.75, 3.05) is 63.2 Å². The highest BCUT2D eigenvalue weighted by Gasteiger charge is 2.34. The molecule has 5 heterocycles. The van der Waals surface area contributed by atoms with E-state index in [1.165, 1.54) is 0 Å². The van der Waals surface area contributed by atoms with Crippen LogP contribution in [0.25, 0.3) is 11.3 Å². The minimum Gasteiger partial charge on any atom is -0.381 e. The summed E-state index contributed by atoms with van der Waals surface area (Å²) < 4.78 is 5.44. The average Bonchev–Trinajstić information content (AvgIpc) is 3.38. The number of benzene rings is 1. The number of pyridine rings is 1. The van der Waals surface area contributed by atoms with E-state index in [-0.39, 0.29) is 17.9 Å². The Kier molecular flexibility index (Phi) is 9.25. The number of rotatable bonds is 9. The van der Waals surface area contributed by atoms with Crippen LogP contribution in [0.1, 0.15) is 41.4 Å². The molecule has 3 aliphatic heterocycles. The molecule has 1 atom stereocenters. The lowest BCUT2D eigenvalue weighted by Crippen LogP contribution is -2.45. The molecule has 0 spiro atoms. The number of carbonyl (C=O) groups excluding carboxylic acids is 2. The highest BCUT2D eigenvalue weighted by molar-refractivity contribution is 6.33. The number of nitrogens with zero attached hydrogens (tertiary/aromatic N) is 6. The lowest BCUT2D eigenvalue weighted by atomic mass is 10.0. The number of nitrogens with one attached hydrogen (secondary N) is 2. The van der Waals surface area contributed by atoms with Crippen molar-refractivity contribution in [1.82, 2.24) is 30.1 Å². The van der Waals surface area contributed by atoms with Crippen LogP contribution in [-0.2, 0) is 22.5 Å². The standard InChI is InChI=1S/C32H39ClN8O3/c1-21(30(42)34-11-8-24-4-3-5-28(36-24)40-14-12-39(2)13-15-40)41-20-23-7-6-22(18-26(23)31(41)43)29-27(33)19-35-32(38-29)37-25-9-16-44-17-10-25/h3-7,18-19,21,25H,8-17,20H2,1-2H3,(H,34,42)(H,35,37,38)/t21-/m1/s1. The third-order valence-electron chi connectivity index (χ3n) is 8.66. The number of halogens is 1. The van der Waals surface area contributed by atoms with Gasteiger partial charge in [-0.15, -0.1) is 0 Å². The number of likely N-dealkylation sites (N-methyl/N-ethyl adjacent to an activating group) is 1. The largest absolute Gasteiger partial charge is 0.381 e. The Hall–Kier alpha value is -3.80. The van der Waals surface area contributed by atoms with Crippen molar-refractivity contribution in [3.63, 3.8) is 0 Å². The van der Waals surface area contributed by atoms with Gasteiger partial charge in [0.15, 0.2) is 0 Å². The quantitative estimate of drug-likeness (QED) is 0.373. The van der Waals surface area contributed by atoms with Crippen molar-refractivity contribution in [2.45, 2.75) is 44.8 Å². The summed E-state index contributed by atoms with van der Waals surface area (Å²) in [5.74, 6) is 1.10. The third kappa shape index (κ3) is 6.80. The molecule has 2 saturated heterocycles. The van der Waals surface area contributed by atoms with Gasteiger partial charge in [-0.3, -0.25) is 9.59 Å². The van der Waals surface area contributed by atoms with Crippen LogP contribution in [0.15, 0.2) is 42.6 Å². The zero-order chi connectivity index (χ0) is 30.6. The van der Waals surface area contributed by atoms with Gasteiger partial charge in [-0.25, -0.2) is 15.0 Å². The Bertz CT molecular complexity index is 1510. The summed E-state index contributed by atoms with van der Waals surface area (Å²) in [5.41, 5.74) is 3.64. The smallest absolute Gasteiger partial charge is 0.255 e.